The molecule has 0 saturated carbocycles. The van der Waals surface area contributed by atoms with Crippen molar-refractivity contribution in [3.05, 3.63) is 81.6 Å². The van der Waals surface area contributed by atoms with E-state index in [9.17, 15) is 10.1 Å². The van der Waals surface area contributed by atoms with Crippen molar-refractivity contribution in [3.63, 3.8) is 0 Å². The van der Waals surface area contributed by atoms with E-state index in [1.165, 1.54) is 18.9 Å². The molecular weight excluding hydrogens is 440 g/mol. The van der Waals surface area contributed by atoms with Crippen molar-refractivity contribution >= 4 is 23.4 Å². The SMILES string of the molecule is C=CCOc1ccc([C@@H](C[N+](=O)[O-])Sc2nnc(C)n2-c2ccc(Cl)cc2)cc1OC. The van der Waals surface area contributed by atoms with Gasteiger partial charge >= 0.3 is 0 Å². The van der Waals surface area contributed by atoms with Crippen molar-refractivity contribution in [2.45, 2.75) is 17.3 Å². The number of aromatic nitrogens is 3. The largest absolute Gasteiger partial charge is 0.493 e. The topological polar surface area (TPSA) is 92.3 Å². The number of methoxy groups -OCH3 is 1. The van der Waals surface area contributed by atoms with E-state index in [4.69, 9.17) is 21.1 Å². The van der Waals surface area contributed by atoms with Crippen LogP contribution in [0.3, 0.4) is 0 Å². The fourth-order valence-corrected chi connectivity index (χ4v) is 4.22. The lowest BCUT2D eigenvalue weighted by molar-refractivity contribution is -0.479. The Labute approximate surface area is 189 Å². The second kappa shape index (κ2) is 10.3. The van der Waals surface area contributed by atoms with Crippen LogP contribution in [0.1, 0.15) is 16.6 Å². The van der Waals surface area contributed by atoms with Crippen LogP contribution in [0.15, 0.2) is 60.3 Å². The Balaban J connectivity index is 1.96. The average Bonchev–Trinajstić information content (AvgIpc) is 3.12. The first-order valence-electron chi connectivity index (χ1n) is 9.31. The molecule has 1 aromatic heterocycles. The summed E-state index contributed by atoms with van der Waals surface area (Å²) in [6, 6.07) is 12.5. The molecule has 1 heterocycles. The maximum Gasteiger partial charge on any atom is 0.220 e. The van der Waals surface area contributed by atoms with E-state index in [0.717, 1.165) is 5.69 Å². The van der Waals surface area contributed by atoms with Crippen LogP contribution in [-0.2, 0) is 0 Å². The summed E-state index contributed by atoms with van der Waals surface area (Å²) < 4.78 is 12.8. The highest BCUT2D eigenvalue weighted by atomic mass is 35.5. The van der Waals surface area contributed by atoms with Gasteiger partial charge in [-0.1, -0.05) is 42.1 Å². The maximum atomic E-state index is 11.4. The molecule has 8 nitrogen and oxygen atoms in total. The van der Waals surface area contributed by atoms with Gasteiger partial charge in [-0.15, -0.1) is 10.2 Å². The molecule has 3 rings (SSSR count). The summed E-state index contributed by atoms with van der Waals surface area (Å²) in [5.41, 5.74) is 1.54. The van der Waals surface area contributed by atoms with Gasteiger partial charge < -0.3 is 9.47 Å². The Morgan fingerprint density at radius 2 is 2.00 bits per heavy atom. The fourth-order valence-electron chi connectivity index (χ4n) is 2.93. The first kappa shape index (κ1) is 22.6. The van der Waals surface area contributed by atoms with Crippen molar-refractivity contribution in [3.8, 4) is 17.2 Å². The minimum Gasteiger partial charge on any atom is -0.493 e. The van der Waals surface area contributed by atoms with E-state index in [-0.39, 0.29) is 11.5 Å². The number of nitrogens with zero attached hydrogens (tertiary/aromatic N) is 4. The molecule has 2 aromatic carbocycles. The molecular formula is C21H21ClN4O4S. The van der Waals surface area contributed by atoms with Crippen molar-refractivity contribution in [1.82, 2.24) is 14.8 Å². The van der Waals surface area contributed by atoms with Gasteiger partial charge in [0.2, 0.25) is 6.54 Å². The first-order valence-corrected chi connectivity index (χ1v) is 10.6. The van der Waals surface area contributed by atoms with Crippen LogP contribution in [0.4, 0.5) is 0 Å². The highest BCUT2D eigenvalue weighted by molar-refractivity contribution is 7.99. The van der Waals surface area contributed by atoms with Crippen LogP contribution >= 0.6 is 23.4 Å². The fraction of sp³-hybridized carbons (Fsp3) is 0.238. The zero-order chi connectivity index (χ0) is 22.4. The van der Waals surface area contributed by atoms with Gasteiger partial charge in [0, 0.05) is 15.6 Å². The van der Waals surface area contributed by atoms with E-state index in [1.807, 2.05) is 23.6 Å². The average molecular weight is 461 g/mol. The zero-order valence-electron chi connectivity index (χ0n) is 17.0. The number of ether oxygens (including phenoxy) is 2. The lowest BCUT2D eigenvalue weighted by Gasteiger charge is -2.16. The summed E-state index contributed by atoms with van der Waals surface area (Å²) in [5, 5.41) is 20.4. The zero-order valence-corrected chi connectivity index (χ0v) is 18.6. The molecule has 0 spiro atoms. The predicted molar refractivity (Wildman–Crippen MR) is 120 cm³/mol. The summed E-state index contributed by atoms with van der Waals surface area (Å²) in [6.45, 7) is 5.48. The van der Waals surface area contributed by atoms with Crippen molar-refractivity contribution in [2.75, 3.05) is 20.3 Å². The highest BCUT2D eigenvalue weighted by Gasteiger charge is 2.25. The normalized spacial score (nSPS) is 11.7. The molecule has 10 heteroatoms. The predicted octanol–water partition coefficient (Wildman–Crippen LogP) is 4.91. The van der Waals surface area contributed by atoms with Crippen LogP contribution in [0.2, 0.25) is 5.02 Å². The number of benzene rings is 2. The van der Waals surface area contributed by atoms with Gasteiger partial charge in [-0.05, 0) is 48.9 Å². The molecule has 0 N–H and O–H groups in total. The minimum atomic E-state index is -0.521. The van der Waals surface area contributed by atoms with Gasteiger partial charge in [0.25, 0.3) is 0 Å². The van der Waals surface area contributed by atoms with E-state index in [0.29, 0.717) is 39.7 Å². The summed E-state index contributed by atoms with van der Waals surface area (Å²) >= 11 is 7.26. The molecule has 0 fully saturated rings. The Morgan fingerprint density at radius 3 is 2.65 bits per heavy atom. The number of nitro groups is 1. The van der Waals surface area contributed by atoms with Crippen LogP contribution in [0, 0.1) is 17.0 Å². The number of hydrogen-bond donors (Lipinski definition) is 0. The molecule has 0 aliphatic rings. The lowest BCUT2D eigenvalue weighted by atomic mass is 10.1. The van der Waals surface area contributed by atoms with Crippen molar-refractivity contribution < 1.29 is 14.4 Å². The van der Waals surface area contributed by atoms with Gasteiger partial charge in [-0.25, -0.2) is 0 Å². The number of rotatable bonds is 10. The monoisotopic (exact) mass is 460 g/mol. The van der Waals surface area contributed by atoms with Crippen LogP contribution in [-0.4, -0.2) is 39.9 Å². The van der Waals surface area contributed by atoms with Crippen molar-refractivity contribution in [1.29, 1.82) is 0 Å². The number of hydrogen-bond acceptors (Lipinski definition) is 7. The van der Waals surface area contributed by atoms with Crippen LogP contribution in [0.25, 0.3) is 5.69 Å². The number of thioether (sulfide) groups is 1. The summed E-state index contributed by atoms with van der Waals surface area (Å²) in [5.74, 6) is 1.69. The van der Waals surface area contributed by atoms with Gasteiger partial charge in [0.15, 0.2) is 16.7 Å². The summed E-state index contributed by atoms with van der Waals surface area (Å²) in [6.07, 6.45) is 1.63. The third-order valence-electron chi connectivity index (χ3n) is 4.36. The lowest BCUT2D eigenvalue weighted by Crippen LogP contribution is -2.11. The molecule has 0 unspecified atom stereocenters. The Kier molecular flexibility index (Phi) is 7.54. The smallest absolute Gasteiger partial charge is 0.220 e. The van der Waals surface area contributed by atoms with Crippen LogP contribution < -0.4 is 9.47 Å². The molecule has 1 atom stereocenters. The van der Waals surface area contributed by atoms with E-state index < -0.39 is 5.25 Å². The Bertz CT molecular complexity index is 1070. The van der Waals surface area contributed by atoms with E-state index >= 15 is 0 Å². The third kappa shape index (κ3) is 5.56. The molecule has 3 aromatic rings. The Morgan fingerprint density at radius 1 is 1.26 bits per heavy atom. The maximum absolute atomic E-state index is 11.4. The van der Waals surface area contributed by atoms with Gasteiger partial charge in [0.1, 0.15) is 17.7 Å². The summed E-state index contributed by atoms with van der Waals surface area (Å²) in [7, 11) is 1.52. The molecule has 0 amide bonds. The Hall–Kier alpha value is -3.04. The second-order valence-corrected chi connectivity index (χ2v) is 8.08. The highest BCUT2D eigenvalue weighted by Crippen LogP contribution is 2.39. The quantitative estimate of drug-likeness (QED) is 0.183. The summed E-state index contributed by atoms with van der Waals surface area (Å²) in [4.78, 5) is 11.1. The number of halogens is 1. The molecule has 31 heavy (non-hydrogen) atoms. The first-order chi connectivity index (χ1) is 14.9. The van der Waals surface area contributed by atoms with Gasteiger partial charge in [0.05, 0.1) is 7.11 Å². The molecule has 162 valence electrons. The molecule has 0 saturated heterocycles. The molecule has 0 aliphatic carbocycles. The van der Waals surface area contributed by atoms with Gasteiger partial charge in [-0.2, -0.15) is 0 Å². The molecule has 0 bridgehead atoms. The van der Waals surface area contributed by atoms with Gasteiger partial charge in [-0.3, -0.25) is 14.7 Å². The van der Waals surface area contributed by atoms with E-state index in [2.05, 4.69) is 16.8 Å². The molecule has 0 radical (unpaired) electrons. The second-order valence-electron chi connectivity index (χ2n) is 6.47. The minimum absolute atomic E-state index is 0.298. The van der Waals surface area contributed by atoms with Crippen molar-refractivity contribution in [2.24, 2.45) is 0 Å². The standard InChI is InChI=1S/C21H21ClN4O4S/c1-4-11-30-18-10-5-15(12-19(18)29-3)20(13-25(27)28)31-21-24-23-14(2)26(21)17-8-6-16(22)7-9-17/h4-10,12,20H,1,11,13H2,2-3H3/t20-/m1/s1. The third-order valence-corrected chi connectivity index (χ3v) is 5.79. The molecule has 0 aliphatic heterocycles. The van der Waals surface area contributed by atoms with E-state index in [1.54, 1.807) is 36.4 Å². The number of aryl methyl sites for hydroxylation is 1. The van der Waals surface area contributed by atoms with Crippen LogP contribution in [0.5, 0.6) is 11.5 Å².